The van der Waals surface area contributed by atoms with Gasteiger partial charge in [-0.1, -0.05) is 13.8 Å². The Hall–Kier alpha value is -2.34. The molecule has 25 heavy (non-hydrogen) atoms. The second-order valence-electron chi connectivity index (χ2n) is 7.09. The van der Waals surface area contributed by atoms with Crippen molar-refractivity contribution in [3.63, 3.8) is 0 Å². The minimum Gasteiger partial charge on any atom is -0.468 e. The van der Waals surface area contributed by atoms with Gasteiger partial charge in [0.05, 0.1) is 18.5 Å². The molecule has 0 atom stereocenters. The van der Waals surface area contributed by atoms with Crippen LogP contribution in [0.3, 0.4) is 0 Å². The van der Waals surface area contributed by atoms with Crippen LogP contribution in [-0.4, -0.2) is 45.7 Å². The standard InChI is InChI=1S/C19H25N5O/c1-14(2)17-12-19(24-18(20-17)11-15(3)21-24)23-8-6-22(7-9-23)13-16-5-4-10-25-16/h4-5,10-12,14H,6-9,13H2,1-3H3. The fourth-order valence-corrected chi connectivity index (χ4v) is 3.37. The van der Waals surface area contributed by atoms with Crippen LogP contribution >= 0.6 is 0 Å². The third kappa shape index (κ3) is 3.26. The molecular weight excluding hydrogens is 314 g/mol. The van der Waals surface area contributed by atoms with E-state index in [9.17, 15) is 0 Å². The van der Waals surface area contributed by atoms with E-state index in [4.69, 9.17) is 9.40 Å². The molecule has 0 aliphatic carbocycles. The van der Waals surface area contributed by atoms with Gasteiger partial charge in [0.2, 0.25) is 0 Å². The van der Waals surface area contributed by atoms with E-state index in [1.165, 1.54) is 0 Å². The SMILES string of the molecule is Cc1cc2nc(C(C)C)cc(N3CCN(Cc4ccco4)CC3)n2n1. The molecule has 3 aromatic heterocycles. The van der Waals surface area contributed by atoms with Crippen LogP contribution in [0.2, 0.25) is 0 Å². The van der Waals surface area contributed by atoms with Crippen LogP contribution in [0.25, 0.3) is 5.65 Å². The maximum Gasteiger partial charge on any atom is 0.157 e. The Balaban J connectivity index is 1.56. The van der Waals surface area contributed by atoms with Crippen molar-refractivity contribution in [1.82, 2.24) is 19.5 Å². The third-order valence-electron chi connectivity index (χ3n) is 4.80. The largest absolute Gasteiger partial charge is 0.468 e. The highest BCUT2D eigenvalue weighted by molar-refractivity contribution is 5.52. The summed E-state index contributed by atoms with van der Waals surface area (Å²) in [4.78, 5) is 9.63. The predicted octanol–water partition coefficient (Wildman–Crippen LogP) is 3.08. The van der Waals surface area contributed by atoms with E-state index in [0.29, 0.717) is 5.92 Å². The molecule has 0 radical (unpaired) electrons. The van der Waals surface area contributed by atoms with Gasteiger partial charge in [-0.05, 0) is 25.0 Å². The molecule has 6 nitrogen and oxygen atoms in total. The van der Waals surface area contributed by atoms with Crippen LogP contribution < -0.4 is 4.90 Å². The van der Waals surface area contributed by atoms with E-state index in [1.807, 2.05) is 23.6 Å². The second-order valence-corrected chi connectivity index (χ2v) is 7.09. The maximum atomic E-state index is 5.47. The summed E-state index contributed by atoms with van der Waals surface area (Å²) in [6.45, 7) is 11.3. The molecule has 6 heteroatoms. The van der Waals surface area contributed by atoms with Gasteiger partial charge in [0, 0.05) is 44.0 Å². The lowest BCUT2D eigenvalue weighted by atomic mass is 10.1. The highest BCUT2D eigenvalue weighted by atomic mass is 16.3. The molecular formula is C19H25N5O. The van der Waals surface area contributed by atoms with Crippen LogP contribution in [-0.2, 0) is 6.54 Å². The number of fused-ring (bicyclic) bond motifs is 1. The fourth-order valence-electron chi connectivity index (χ4n) is 3.37. The normalized spacial score (nSPS) is 16.2. The molecule has 1 saturated heterocycles. The lowest BCUT2D eigenvalue weighted by molar-refractivity contribution is 0.230. The Morgan fingerprint density at radius 1 is 1.16 bits per heavy atom. The van der Waals surface area contributed by atoms with Crippen molar-refractivity contribution in [3.8, 4) is 0 Å². The lowest BCUT2D eigenvalue weighted by Crippen LogP contribution is -2.46. The van der Waals surface area contributed by atoms with Crippen molar-refractivity contribution in [3.05, 3.63) is 47.7 Å². The summed E-state index contributed by atoms with van der Waals surface area (Å²) in [7, 11) is 0. The molecule has 3 aromatic rings. The molecule has 1 fully saturated rings. The van der Waals surface area contributed by atoms with Crippen LogP contribution in [0.5, 0.6) is 0 Å². The number of hydrogen-bond donors (Lipinski definition) is 0. The van der Waals surface area contributed by atoms with Crippen LogP contribution in [0, 0.1) is 6.92 Å². The van der Waals surface area contributed by atoms with E-state index >= 15 is 0 Å². The highest BCUT2D eigenvalue weighted by Crippen LogP contribution is 2.24. The Morgan fingerprint density at radius 3 is 2.64 bits per heavy atom. The van der Waals surface area contributed by atoms with Crippen LogP contribution in [0.1, 0.15) is 36.9 Å². The monoisotopic (exact) mass is 339 g/mol. The van der Waals surface area contributed by atoms with E-state index in [2.05, 4.69) is 40.9 Å². The first-order valence-electron chi connectivity index (χ1n) is 8.97. The molecule has 0 spiro atoms. The minimum atomic E-state index is 0.402. The summed E-state index contributed by atoms with van der Waals surface area (Å²) in [5, 5.41) is 4.65. The number of aromatic nitrogens is 3. The first kappa shape index (κ1) is 16.1. The fraction of sp³-hybridized carbons (Fsp3) is 0.474. The predicted molar refractivity (Wildman–Crippen MR) is 98.0 cm³/mol. The van der Waals surface area contributed by atoms with Crippen molar-refractivity contribution in [2.24, 2.45) is 0 Å². The summed E-state index contributed by atoms with van der Waals surface area (Å²) in [6.07, 6.45) is 1.74. The van der Waals surface area contributed by atoms with Crippen molar-refractivity contribution >= 4 is 11.5 Å². The van der Waals surface area contributed by atoms with Gasteiger partial charge in [-0.15, -0.1) is 0 Å². The number of piperazine rings is 1. The van der Waals surface area contributed by atoms with Crippen LogP contribution in [0.15, 0.2) is 34.9 Å². The molecule has 0 unspecified atom stereocenters. The minimum absolute atomic E-state index is 0.402. The molecule has 0 N–H and O–H groups in total. The summed E-state index contributed by atoms with van der Waals surface area (Å²) in [6, 6.07) is 8.25. The summed E-state index contributed by atoms with van der Waals surface area (Å²) in [5.74, 6) is 2.59. The van der Waals surface area contributed by atoms with Crippen LogP contribution in [0.4, 0.5) is 5.82 Å². The number of hydrogen-bond acceptors (Lipinski definition) is 5. The van der Waals surface area contributed by atoms with E-state index in [0.717, 1.165) is 61.3 Å². The van der Waals surface area contributed by atoms with E-state index in [-0.39, 0.29) is 0 Å². The number of aryl methyl sites for hydroxylation is 1. The van der Waals surface area contributed by atoms with Gasteiger partial charge < -0.3 is 9.32 Å². The molecule has 132 valence electrons. The van der Waals surface area contributed by atoms with Gasteiger partial charge in [-0.25, -0.2) is 4.98 Å². The highest BCUT2D eigenvalue weighted by Gasteiger charge is 2.21. The zero-order valence-corrected chi connectivity index (χ0v) is 15.1. The van der Waals surface area contributed by atoms with Gasteiger partial charge in [-0.3, -0.25) is 4.90 Å². The third-order valence-corrected chi connectivity index (χ3v) is 4.80. The van der Waals surface area contributed by atoms with Crippen molar-refractivity contribution < 1.29 is 4.42 Å². The number of anilines is 1. The second kappa shape index (κ2) is 6.52. The van der Waals surface area contributed by atoms with E-state index < -0.39 is 0 Å². The summed E-state index contributed by atoms with van der Waals surface area (Å²) >= 11 is 0. The average molecular weight is 339 g/mol. The Morgan fingerprint density at radius 2 is 1.96 bits per heavy atom. The van der Waals surface area contributed by atoms with Gasteiger partial charge in [0.15, 0.2) is 5.65 Å². The molecule has 0 saturated carbocycles. The molecule has 0 amide bonds. The van der Waals surface area contributed by atoms with Gasteiger partial charge in [0.1, 0.15) is 11.6 Å². The smallest absolute Gasteiger partial charge is 0.157 e. The molecule has 1 aliphatic heterocycles. The summed E-state index contributed by atoms with van der Waals surface area (Å²) < 4.78 is 7.46. The van der Waals surface area contributed by atoms with Gasteiger partial charge in [0.25, 0.3) is 0 Å². The molecule has 1 aliphatic rings. The zero-order chi connectivity index (χ0) is 17.4. The Bertz CT molecular complexity index is 844. The topological polar surface area (TPSA) is 49.8 Å². The molecule has 4 heterocycles. The molecule has 0 aromatic carbocycles. The average Bonchev–Trinajstić information content (AvgIpc) is 3.23. The number of nitrogens with zero attached hydrogens (tertiary/aromatic N) is 5. The quantitative estimate of drug-likeness (QED) is 0.731. The van der Waals surface area contributed by atoms with Crippen molar-refractivity contribution in [2.45, 2.75) is 33.2 Å². The Labute approximate surface area is 148 Å². The summed E-state index contributed by atoms with van der Waals surface area (Å²) in [5.41, 5.74) is 3.07. The zero-order valence-electron chi connectivity index (χ0n) is 15.1. The van der Waals surface area contributed by atoms with Gasteiger partial charge in [-0.2, -0.15) is 9.61 Å². The first-order chi connectivity index (χ1) is 12.1. The maximum absolute atomic E-state index is 5.47. The first-order valence-corrected chi connectivity index (χ1v) is 8.97. The molecule has 4 rings (SSSR count). The van der Waals surface area contributed by atoms with Crippen molar-refractivity contribution in [1.29, 1.82) is 0 Å². The van der Waals surface area contributed by atoms with Gasteiger partial charge >= 0.3 is 0 Å². The lowest BCUT2D eigenvalue weighted by Gasteiger charge is -2.35. The van der Waals surface area contributed by atoms with E-state index in [1.54, 1.807) is 6.26 Å². The number of rotatable bonds is 4. The Kier molecular flexibility index (Phi) is 4.21. The number of furan rings is 1. The molecule has 0 bridgehead atoms. The van der Waals surface area contributed by atoms with Crippen molar-refractivity contribution in [2.75, 3.05) is 31.1 Å².